The minimum atomic E-state index is 0.0155. The van der Waals surface area contributed by atoms with Crippen LogP contribution in [-0.2, 0) is 4.79 Å². The number of amides is 1. The Hall–Kier alpha value is -2.53. The lowest BCUT2D eigenvalue weighted by atomic mass is 9.85. The van der Waals surface area contributed by atoms with Crippen molar-refractivity contribution in [2.45, 2.75) is 38.6 Å². The molecule has 0 radical (unpaired) electrons. The summed E-state index contributed by atoms with van der Waals surface area (Å²) in [7, 11) is 0. The average molecular weight is 393 g/mol. The van der Waals surface area contributed by atoms with E-state index in [0.717, 1.165) is 35.7 Å². The lowest BCUT2D eigenvalue weighted by molar-refractivity contribution is -0.124. The second-order valence-electron chi connectivity index (χ2n) is 7.44. The zero-order chi connectivity index (χ0) is 19.5. The Morgan fingerprint density at radius 2 is 1.89 bits per heavy atom. The van der Waals surface area contributed by atoms with Crippen LogP contribution >= 0.6 is 11.8 Å². The number of carbonyl (C=O) groups is 1. The molecule has 2 aromatic carbocycles. The number of nitrogens with zero attached hydrogens (tertiary/aromatic N) is 2. The van der Waals surface area contributed by atoms with Gasteiger partial charge in [-0.3, -0.25) is 9.69 Å². The van der Waals surface area contributed by atoms with E-state index in [2.05, 4.69) is 6.92 Å². The fraction of sp³-hybridized carbons (Fsp3) is 0.304. The number of phenols is 1. The minimum absolute atomic E-state index is 0.0155. The summed E-state index contributed by atoms with van der Waals surface area (Å²) in [5.41, 5.74) is 1.67. The summed E-state index contributed by atoms with van der Waals surface area (Å²) < 4.78 is 0. The number of carbonyl (C=O) groups excluding carboxylic acids is 1. The van der Waals surface area contributed by atoms with Gasteiger partial charge in [0.15, 0.2) is 5.17 Å². The smallest absolute Gasteiger partial charge is 0.267 e. The first kappa shape index (κ1) is 18.8. The van der Waals surface area contributed by atoms with Crippen molar-refractivity contribution >= 4 is 34.6 Å². The molecule has 0 unspecified atom stereocenters. The van der Waals surface area contributed by atoms with Gasteiger partial charge in [0.2, 0.25) is 0 Å². The predicted octanol–water partition coefficient (Wildman–Crippen LogP) is 5.57. The first-order chi connectivity index (χ1) is 13.6. The van der Waals surface area contributed by atoms with Crippen LogP contribution in [0.3, 0.4) is 0 Å². The number of phenolic OH excluding ortho intramolecular Hbond substituents is 1. The van der Waals surface area contributed by atoms with Gasteiger partial charge in [-0.05, 0) is 66.4 Å². The fourth-order valence-electron chi connectivity index (χ4n) is 3.92. The van der Waals surface area contributed by atoms with E-state index >= 15 is 0 Å². The molecule has 2 fully saturated rings. The number of aromatic hydroxyl groups is 1. The van der Waals surface area contributed by atoms with Crippen LogP contribution < -0.4 is 0 Å². The number of rotatable bonds is 3. The Kier molecular flexibility index (Phi) is 5.53. The molecule has 1 heterocycles. The van der Waals surface area contributed by atoms with Gasteiger partial charge in [-0.2, -0.15) is 0 Å². The SMILES string of the molecule is C[C@@H]1CCCC[C@H]1N1C(=O)/C(=C/c2cccc(O)c2)SC1=Nc1ccccc1. The third kappa shape index (κ3) is 3.99. The maximum Gasteiger partial charge on any atom is 0.267 e. The highest BCUT2D eigenvalue weighted by atomic mass is 32.2. The van der Waals surface area contributed by atoms with Crippen LogP contribution in [-0.4, -0.2) is 27.1 Å². The van der Waals surface area contributed by atoms with E-state index in [1.54, 1.807) is 18.2 Å². The Morgan fingerprint density at radius 3 is 2.64 bits per heavy atom. The number of amidine groups is 1. The van der Waals surface area contributed by atoms with Crippen molar-refractivity contribution in [3.8, 4) is 5.75 Å². The van der Waals surface area contributed by atoms with Gasteiger partial charge < -0.3 is 5.11 Å². The number of aliphatic imine (C=N–C) groups is 1. The molecule has 0 bridgehead atoms. The number of hydrogen-bond donors (Lipinski definition) is 1. The summed E-state index contributed by atoms with van der Waals surface area (Å²) in [5.74, 6) is 0.668. The quantitative estimate of drug-likeness (QED) is 0.694. The van der Waals surface area contributed by atoms with Gasteiger partial charge in [-0.15, -0.1) is 0 Å². The molecule has 28 heavy (non-hydrogen) atoms. The van der Waals surface area contributed by atoms with Crippen LogP contribution in [0.15, 0.2) is 64.5 Å². The van der Waals surface area contributed by atoms with E-state index in [4.69, 9.17) is 4.99 Å². The second-order valence-corrected chi connectivity index (χ2v) is 8.45. The van der Waals surface area contributed by atoms with Crippen LogP contribution in [0.25, 0.3) is 6.08 Å². The standard InChI is InChI=1S/C23H24N2O2S/c1-16-8-5-6-13-20(16)25-22(27)21(15-17-9-7-12-19(26)14-17)28-23(25)24-18-10-3-2-4-11-18/h2-4,7,9-12,14-16,20,26H,5-6,8,13H2,1H3/b21-15-,24-23?/t16-,20-/m1/s1. The second kappa shape index (κ2) is 8.23. The van der Waals surface area contributed by atoms with Gasteiger partial charge >= 0.3 is 0 Å². The van der Waals surface area contributed by atoms with Crippen molar-refractivity contribution in [2.75, 3.05) is 0 Å². The van der Waals surface area contributed by atoms with E-state index in [0.29, 0.717) is 10.8 Å². The molecule has 2 aliphatic rings. The van der Waals surface area contributed by atoms with Gasteiger partial charge in [0.05, 0.1) is 10.6 Å². The molecular weight excluding hydrogens is 368 g/mol. The van der Waals surface area contributed by atoms with Gasteiger partial charge in [-0.1, -0.05) is 50.1 Å². The molecule has 4 nitrogen and oxygen atoms in total. The van der Waals surface area contributed by atoms with Crippen molar-refractivity contribution in [1.29, 1.82) is 0 Å². The number of thioether (sulfide) groups is 1. The predicted molar refractivity (Wildman–Crippen MR) is 115 cm³/mol. The van der Waals surface area contributed by atoms with Crippen LogP contribution in [0.4, 0.5) is 5.69 Å². The van der Waals surface area contributed by atoms with Crippen LogP contribution in [0.2, 0.25) is 0 Å². The molecule has 1 saturated heterocycles. The molecule has 1 amide bonds. The van der Waals surface area contributed by atoms with Crippen LogP contribution in [0, 0.1) is 5.92 Å². The minimum Gasteiger partial charge on any atom is -0.508 e. The molecule has 5 heteroatoms. The van der Waals surface area contributed by atoms with Crippen molar-refractivity contribution in [3.63, 3.8) is 0 Å². The maximum atomic E-state index is 13.3. The fourth-order valence-corrected chi connectivity index (χ4v) is 4.96. The molecule has 1 aliphatic heterocycles. The molecule has 1 saturated carbocycles. The molecule has 1 N–H and O–H groups in total. The maximum absolute atomic E-state index is 13.3. The van der Waals surface area contributed by atoms with E-state index < -0.39 is 0 Å². The van der Waals surface area contributed by atoms with Crippen molar-refractivity contribution in [2.24, 2.45) is 10.9 Å². The van der Waals surface area contributed by atoms with E-state index in [9.17, 15) is 9.90 Å². The molecule has 2 atom stereocenters. The Balaban J connectivity index is 1.72. The first-order valence-electron chi connectivity index (χ1n) is 9.78. The highest BCUT2D eigenvalue weighted by Gasteiger charge is 2.41. The van der Waals surface area contributed by atoms with Crippen molar-refractivity contribution in [3.05, 3.63) is 65.1 Å². The highest BCUT2D eigenvalue weighted by molar-refractivity contribution is 8.18. The van der Waals surface area contributed by atoms with E-state index in [-0.39, 0.29) is 17.7 Å². The Morgan fingerprint density at radius 1 is 1.11 bits per heavy atom. The van der Waals surface area contributed by atoms with Crippen molar-refractivity contribution < 1.29 is 9.90 Å². The lowest BCUT2D eigenvalue weighted by Gasteiger charge is -2.35. The number of para-hydroxylation sites is 1. The summed E-state index contributed by atoms with van der Waals surface area (Å²) in [6, 6.07) is 16.9. The summed E-state index contributed by atoms with van der Waals surface area (Å²) in [5, 5.41) is 10.5. The summed E-state index contributed by atoms with van der Waals surface area (Å²) in [4.78, 5) is 20.7. The monoisotopic (exact) mass is 392 g/mol. The topological polar surface area (TPSA) is 52.9 Å². The molecule has 0 aromatic heterocycles. The summed E-state index contributed by atoms with van der Waals surface area (Å²) >= 11 is 1.42. The zero-order valence-electron chi connectivity index (χ0n) is 15.9. The molecule has 2 aromatic rings. The van der Waals surface area contributed by atoms with Gasteiger partial charge in [0, 0.05) is 6.04 Å². The van der Waals surface area contributed by atoms with Gasteiger partial charge in [-0.25, -0.2) is 4.99 Å². The Bertz CT molecular complexity index is 923. The van der Waals surface area contributed by atoms with Crippen LogP contribution in [0.5, 0.6) is 5.75 Å². The average Bonchev–Trinajstić information content (AvgIpc) is 2.98. The third-order valence-corrected chi connectivity index (χ3v) is 6.37. The zero-order valence-corrected chi connectivity index (χ0v) is 16.7. The molecule has 4 rings (SSSR count). The van der Waals surface area contributed by atoms with Crippen LogP contribution in [0.1, 0.15) is 38.2 Å². The summed E-state index contributed by atoms with van der Waals surface area (Å²) in [6.45, 7) is 2.23. The van der Waals surface area contributed by atoms with E-state index in [1.165, 1.54) is 18.2 Å². The molecular formula is C23H24N2O2S. The molecule has 0 spiro atoms. The lowest BCUT2D eigenvalue weighted by Crippen LogP contribution is -2.44. The number of benzene rings is 2. The number of hydrogen-bond acceptors (Lipinski definition) is 4. The van der Waals surface area contributed by atoms with Crippen molar-refractivity contribution in [1.82, 2.24) is 4.90 Å². The highest BCUT2D eigenvalue weighted by Crippen LogP contribution is 2.40. The largest absolute Gasteiger partial charge is 0.508 e. The Labute approximate surface area is 170 Å². The first-order valence-corrected chi connectivity index (χ1v) is 10.6. The van der Waals surface area contributed by atoms with E-state index in [1.807, 2.05) is 47.4 Å². The summed E-state index contributed by atoms with van der Waals surface area (Å²) in [6.07, 6.45) is 6.38. The molecule has 144 valence electrons. The van der Waals surface area contributed by atoms with Gasteiger partial charge in [0.1, 0.15) is 5.75 Å². The normalized spacial score (nSPS) is 25.6. The molecule has 1 aliphatic carbocycles. The van der Waals surface area contributed by atoms with Gasteiger partial charge in [0.25, 0.3) is 5.91 Å². The third-order valence-electron chi connectivity index (χ3n) is 5.38.